The van der Waals surface area contributed by atoms with Crippen LogP contribution < -0.4 is 0 Å². The van der Waals surface area contributed by atoms with E-state index in [2.05, 4.69) is 65.8 Å². The van der Waals surface area contributed by atoms with Gasteiger partial charge >= 0.3 is 0 Å². The minimum Gasteiger partial charge on any atom is -0.310 e. The highest BCUT2D eigenvalue weighted by Gasteiger charge is 2.10. The first kappa shape index (κ1) is 10.8. The van der Waals surface area contributed by atoms with Crippen LogP contribution in [0.15, 0.2) is 67.3 Å². The maximum Gasteiger partial charge on any atom is 0.0540 e. The van der Waals surface area contributed by atoms with Gasteiger partial charge < -0.3 is 4.57 Å². The summed E-state index contributed by atoms with van der Waals surface area (Å²) in [5, 5.41) is 2.57. The molecule has 0 saturated heterocycles. The first-order valence-electron chi connectivity index (χ1n) is 6.14. The van der Waals surface area contributed by atoms with Crippen LogP contribution in [0, 0.1) is 0 Å². The second kappa shape index (κ2) is 4.19. The van der Waals surface area contributed by atoms with Gasteiger partial charge in [-0.25, -0.2) is 0 Å². The number of hydrogen-bond donors (Lipinski definition) is 0. The lowest BCUT2D eigenvalue weighted by atomic mass is 10.2. The largest absolute Gasteiger partial charge is 0.310 e. The molecule has 1 heteroatoms. The number of nitrogens with zero attached hydrogens (tertiary/aromatic N) is 1. The fourth-order valence-electron chi connectivity index (χ4n) is 2.54. The molecule has 88 valence electrons. The van der Waals surface area contributed by atoms with Crippen molar-refractivity contribution >= 4 is 27.5 Å². The molecule has 0 bridgehead atoms. The van der Waals surface area contributed by atoms with Crippen molar-refractivity contribution in [3.8, 4) is 0 Å². The molecule has 1 aromatic heterocycles. The van der Waals surface area contributed by atoms with E-state index >= 15 is 0 Å². The molecule has 0 N–H and O–H groups in total. The summed E-state index contributed by atoms with van der Waals surface area (Å²) in [6, 6.07) is 17.0. The van der Waals surface area contributed by atoms with Gasteiger partial charge in [-0.15, -0.1) is 0 Å². The molecule has 3 rings (SSSR count). The molecular weight excluding hydrogens is 218 g/mol. The van der Waals surface area contributed by atoms with Gasteiger partial charge in [0, 0.05) is 16.5 Å². The Morgan fingerprint density at radius 2 is 1.44 bits per heavy atom. The molecule has 1 nitrogen and oxygen atoms in total. The van der Waals surface area contributed by atoms with E-state index in [0.29, 0.717) is 0 Å². The van der Waals surface area contributed by atoms with Crippen molar-refractivity contribution in [3.05, 3.63) is 67.3 Å². The molecule has 0 fully saturated rings. The number of fused-ring (bicyclic) bond motifs is 3. The van der Waals surface area contributed by atoms with Crippen molar-refractivity contribution in [2.24, 2.45) is 0 Å². The molecule has 0 spiro atoms. The van der Waals surface area contributed by atoms with Crippen LogP contribution in [0.4, 0.5) is 0 Å². The molecule has 3 aromatic rings. The van der Waals surface area contributed by atoms with Crippen molar-refractivity contribution < 1.29 is 0 Å². The third kappa shape index (κ3) is 1.41. The maximum absolute atomic E-state index is 3.91. The zero-order chi connectivity index (χ0) is 12.5. The second-order valence-corrected chi connectivity index (χ2v) is 4.29. The van der Waals surface area contributed by atoms with Gasteiger partial charge in [0.25, 0.3) is 0 Å². The van der Waals surface area contributed by atoms with Crippen LogP contribution in [0.3, 0.4) is 0 Å². The maximum atomic E-state index is 3.91. The zero-order valence-electron chi connectivity index (χ0n) is 10.4. The fraction of sp³-hybridized carbons (Fsp3) is 0.0588. The van der Waals surface area contributed by atoms with E-state index in [9.17, 15) is 0 Å². The van der Waals surface area contributed by atoms with Crippen LogP contribution in [0.25, 0.3) is 27.5 Å². The van der Waals surface area contributed by atoms with E-state index in [1.54, 1.807) is 0 Å². The van der Waals surface area contributed by atoms with Crippen LogP contribution in [-0.4, -0.2) is 4.57 Å². The average molecular weight is 233 g/mol. The predicted octanol–water partition coefficient (Wildman–Crippen LogP) is 4.84. The van der Waals surface area contributed by atoms with E-state index < -0.39 is 0 Å². The van der Waals surface area contributed by atoms with Crippen molar-refractivity contribution in [3.63, 3.8) is 0 Å². The minimum atomic E-state index is 1.12. The lowest BCUT2D eigenvalue weighted by Gasteiger charge is -2.07. The topological polar surface area (TPSA) is 4.93 Å². The van der Waals surface area contributed by atoms with Gasteiger partial charge in [-0.3, -0.25) is 0 Å². The molecule has 0 aliphatic rings. The number of allylic oxidation sites excluding steroid dienone is 3. The van der Waals surface area contributed by atoms with E-state index in [0.717, 1.165) is 5.70 Å². The monoisotopic (exact) mass is 233 g/mol. The smallest absolute Gasteiger partial charge is 0.0540 e. The Morgan fingerprint density at radius 1 is 0.944 bits per heavy atom. The summed E-state index contributed by atoms with van der Waals surface area (Å²) in [4.78, 5) is 0. The van der Waals surface area contributed by atoms with Crippen molar-refractivity contribution in [2.45, 2.75) is 6.92 Å². The molecule has 0 atom stereocenters. The summed E-state index contributed by atoms with van der Waals surface area (Å²) in [5.74, 6) is 0. The van der Waals surface area contributed by atoms with Gasteiger partial charge in [0.2, 0.25) is 0 Å². The van der Waals surface area contributed by atoms with Gasteiger partial charge in [0.15, 0.2) is 0 Å². The highest BCUT2D eigenvalue weighted by Crippen LogP contribution is 2.31. The summed E-state index contributed by atoms with van der Waals surface area (Å²) in [5.41, 5.74) is 3.57. The van der Waals surface area contributed by atoms with Gasteiger partial charge in [-0.05, 0) is 25.1 Å². The first-order chi connectivity index (χ1) is 8.86. The zero-order valence-corrected chi connectivity index (χ0v) is 10.4. The van der Waals surface area contributed by atoms with Crippen LogP contribution in [0.1, 0.15) is 6.92 Å². The summed E-state index contributed by atoms with van der Waals surface area (Å²) < 4.78 is 2.26. The van der Waals surface area contributed by atoms with Crippen molar-refractivity contribution in [1.29, 1.82) is 0 Å². The molecule has 18 heavy (non-hydrogen) atoms. The van der Waals surface area contributed by atoms with Crippen molar-refractivity contribution in [1.82, 2.24) is 4.57 Å². The molecular formula is C17H15N. The molecule has 0 radical (unpaired) electrons. The van der Waals surface area contributed by atoms with E-state index in [4.69, 9.17) is 0 Å². The average Bonchev–Trinajstić information content (AvgIpc) is 2.76. The van der Waals surface area contributed by atoms with Crippen LogP contribution in [-0.2, 0) is 0 Å². The Hall–Kier alpha value is -2.28. The number of hydrogen-bond acceptors (Lipinski definition) is 0. The lowest BCUT2D eigenvalue weighted by Crippen LogP contribution is -1.93. The van der Waals surface area contributed by atoms with Gasteiger partial charge in [-0.2, -0.15) is 0 Å². The molecule has 1 heterocycles. The normalized spacial score (nSPS) is 12.2. The summed E-state index contributed by atoms with van der Waals surface area (Å²) >= 11 is 0. The predicted molar refractivity (Wildman–Crippen MR) is 79.6 cm³/mol. The van der Waals surface area contributed by atoms with Gasteiger partial charge in [0.1, 0.15) is 0 Å². The van der Waals surface area contributed by atoms with Crippen LogP contribution in [0.5, 0.6) is 0 Å². The van der Waals surface area contributed by atoms with Gasteiger partial charge in [0.05, 0.1) is 11.0 Å². The Bertz CT molecular complexity index is 706. The molecule has 0 aliphatic heterocycles. The Balaban J connectivity index is 2.57. The second-order valence-electron chi connectivity index (χ2n) is 4.29. The molecule has 0 saturated carbocycles. The third-order valence-corrected chi connectivity index (χ3v) is 3.34. The summed E-state index contributed by atoms with van der Waals surface area (Å²) in [7, 11) is 0. The number of benzene rings is 2. The molecule has 0 unspecified atom stereocenters. The van der Waals surface area contributed by atoms with Crippen LogP contribution in [0.2, 0.25) is 0 Å². The molecule has 2 aromatic carbocycles. The Morgan fingerprint density at radius 3 is 1.89 bits per heavy atom. The Labute approximate surface area is 107 Å². The first-order valence-corrected chi connectivity index (χ1v) is 6.14. The van der Waals surface area contributed by atoms with Crippen molar-refractivity contribution in [2.75, 3.05) is 0 Å². The standard InChI is InChI=1S/C17H15N/c1-3-13(4-2)18-16-11-7-5-9-14(16)15-10-6-8-12-17(15)18/h3-12H,1H2,2H3/b13-4+. The minimum absolute atomic E-state index is 1.12. The summed E-state index contributed by atoms with van der Waals surface area (Å²) in [6.45, 7) is 5.95. The van der Waals surface area contributed by atoms with Crippen LogP contribution >= 0.6 is 0 Å². The quantitative estimate of drug-likeness (QED) is 0.558. The van der Waals surface area contributed by atoms with E-state index in [1.807, 2.05) is 13.0 Å². The Kier molecular flexibility index (Phi) is 2.52. The highest BCUT2D eigenvalue weighted by atomic mass is 15.0. The number of rotatable bonds is 2. The van der Waals surface area contributed by atoms with E-state index in [1.165, 1.54) is 21.8 Å². The van der Waals surface area contributed by atoms with Gasteiger partial charge in [-0.1, -0.05) is 49.1 Å². The lowest BCUT2D eigenvalue weighted by molar-refractivity contribution is 1.23. The van der Waals surface area contributed by atoms with E-state index in [-0.39, 0.29) is 0 Å². The highest BCUT2D eigenvalue weighted by molar-refractivity contribution is 6.10. The number of para-hydroxylation sites is 2. The summed E-state index contributed by atoms with van der Waals surface area (Å²) in [6.07, 6.45) is 3.99. The third-order valence-electron chi connectivity index (χ3n) is 3.34. The fourth-order valence-corrected chi connectivity index (χ4v) is 2.54. The molecule has 0 amide bonds. The molecule has 0 aliphatic carbocycles. The number of aromatic nitrogens is 1. The SMILES string of the molecule is C=C/C(=C\C)n1c2ccccc2c2ccccc21.